The minimum Gasteiger partial charge on any atom is -0.480 e. The molecule has 4 heteroatoms. The van der Waals surface area contributed by atoms with Gasteiger partial charge in [-0.1, -0.05) is 6.92 Å². The summed E-state index contributed by atoms with van der Waals surface area (Å²) in [6, 6.07) is 1.97. The van der Waals surface area contributed by atoms with E-state index in [9.17, 15) is 0 Å². The molecule has 0 spiro atoms. The Morgan fingerprint density at radius 2 is 2.38 bits per heavy atom. The van der Waals surface area contributed by atoms with Crippen LogP contribution in [0.15, 0.2) is 12.3 Å². The van der Waals surface area contributed by atoms with E-state index in [1.807, 2.05) is 6.07 Å². The van der Waals surface area contributed by atoms with Gasteiger partial charge < -0.3 is 10.5 Å². The Kier molecular flexibility index (Phi) is 3.39. The van der Waals surface area contributed by atoms with E-state index in [0.29, 0.717) is 11.8 Å². The molecule has 1 saturated carbocycles. The van der Waals surface area contributed by atoms with E-state index in [4.69, 9.17) is 10.5 Å². The van der Waals surface area contributed by atoms with Crippen LogP contribution in [0.4, 0.5) is 0 Å². The molecule has 2 rings (SSSR count). The highest BCUT2D eigenvalue weighted by molar-refractivity contribution is 5.24. The fourth-order valence-corrected chi connectivity index (χ4v) is 2.37. The number of rotatable bonds is 5. The fourth-order valence-electron chi connectivity index (χ4n) is 2.37. The van der Waals surface area contributed by atoms with Gasteiger partial charge in [0.1, 0.15) is 0 Å². The second-order valence-electron chi connectivity index (χ2n) is 4.64. The molecule has 16 heavy (non-hydrogen) atoms. The van der Waals surface area contributed by atoms with Gasteiger partial charge in [0, 0.05) is 5.56 Å². The van der Waals surface area contributed by atoms with Crippen LogP contribution in [-0.2, 0) is 6.42 Å². The highest BCUT2D eigenvalue weighted by Gasteiger charge is 2.38. The summed E-state index contributed by atoms with van der Waals surface area (Å²) in [5.74, 6) is 2.79. The van der Waals surface area contributed by atoms with Crippen LogP contribution in [0.25, 0.3) is 0 Å². The van der Waals surface area contributed by atoms with E-state index in [-0.39, 0.29) is 0 Å². The molecule has 0 aliphatic heterocycles. The van der Waals surface area contributed by atoms with Crippen molar-refractivity contribution in [3.05, 3.63) is 17.8 Å². The van der Waals surface area contributed by atoms with Crippen LogP contribution in [0, 0.1) is 17.8 Å². The minimum absolute atomic E-state index is 0.549. The first kappa shape index (κ1) is 11.3. The van der Waals surface area contributed by atoms with Gasteiger partial charge in [-0.05, 0) is 43.2 Å². The van der Waals surface area contributed by atoms with Crippen LogP contribution in [0.5, 0.6) is 5.88 Å². The van der Waals surface area contributed by atoms with Crippen molar-refractivity contribution >= 4 is 0 Å². The molecule has 4 nitrogen and oxygen atoms in total. The average molecular weight is 221 g/mol. The van der Waals surface area contributed by atoms with Crippen LogP contribution >= 0.6 is 0 Å². The molecule has 1 aromatic rings. The van der Waals surface area contributed by atoms with E-state index in [1.54, 1.807) is 13.3 Å². The first-order chi connectivity index (χ1) is 7.76. The first-order valence-corrected chi connectivity index (χ1v) is 5.80. The molecule has 1 fully saturated rings. The van der Waals surface area contributed by atoms with Gasteiger partial charge in [-0.2, -0.15) is 5.10 Å². The summed E-state index contributed by atoms with van der Waals surface area (Å²) in [6.07, 6.45) is 3.97. The topological polar surface area (TPSA) is 61.0 Å². The van der Waals surface area contributed by atoms with Crippen LogP contribution in [0.2, 0.25) is 0 Å². The first-order valence-electron chi connectivity index (χ1n) is 5.80. The Bertz CT molecular complexity index is 356. The fraction of sp³-hybridized carbons (Fsp3) is 0.667. The van der Waals surface area contributed by atoms with Crippen LogP contribution in [0.3, 0.4) is 0 Å². The lowest BCUT2D eigenvalue weighted by Gasteiger charge is -2.15. The average Bonchev–Trinajstić information content (AvgIpc) is 3.03. The number of ether oxygens (including phenoxy) is 1. The van der Waals surface area contributed by atoms with Crippen molar-refractivity contribution in [3.63, 3.8) is 0 Å². The second-order valence-corrected chi connectivity index (χ2v) is 4.64. The Morgan fingerprint density at radius 3 is 2.94 bits per heavy atom. The van der Waals surface area contributed by atoms with E-state index >= 15 is 0 Å². The van der Waals surface area contributed by atoms with Crippen LogP contribution in [0.1, 0.15) is 18.9 Å². The molecular weight excluding hydrogens is 202 g/mol. The molecular formula is C12H19N3O. The molecule has 1 aliphatic rings. The van der Waals surface area contributed by atoms with E-state index < -0.39 is 0 Å². The zero-order valence-electron chi connectivity index (χ0n) is 9.89. The summed E-state index contributed by atoms with van der Waals surface area (Å²) >= 11 is 0. The SMILES string of the molecule is COc1nnccc1CC(CN)C1CC1C. The van der Waals surface area contributed by atoms with E-state index in [1.165, 1.54) is 6.42 Å². The molecule has 88 valence electrons. The quantitative estimate of drug-likeness (QED) is 0.813. The molecule has 3 unspecified atom stereocenters. The zero-order chi connectivity index (χ0) is 11.5. The molecule has 3 atom stereocenters. The Hall–Kier alpha value is -1.16. The van der Waals surface area contributed by atoms with Gasteiger partial charge in [0.2, 0.25) is 5.88 Å². The summed E-state index contributed by atoms with van der Waals surface area (Å²) < 4.78 is 5.20. The summed E-state index contributed by atoms with van der Waals surface area (Å²) in [6.45, 7) is 3.02. The summed E-state index contributed by atoms with van der Waals surface area (Å²) in [5, 5.41) is 7.79. The van der Waals surface area contributed by atoms with Crippen molar-refractivity contribution < 1.29 is 4.74 Å². The van der Waals surface area contributed by atoms with E-state index in [2.05, 4.69) is 17.1 Å². The molecule has 0 bridgehead atoms. The van der Waals surface area contributed by atoms with Crippen molar-refractivity contribution in [2.24, 2.45) is 23.5 Å². The van der Waals surface area contributed by atoms with Crippen molar-refractivity contribution in [2.45, 2.75) is 19.8 Å². The summed E-state index contributed by atoms with van der Waals surface area (Å²) in [4.78, 5) is 0. The van der Waals surface area contributed by atoms with Crippen molar-refractivity contribution in [3.8, 4) is 5.88 Å². The number of hydrogen-bond acceptors (Lipinski definition) is 4. The van der Waals surface area contributed by atoms with E-state index in [0.717, 1.165) is 30.4 Å². The lowest BCUT2D eigenvalue weighted by Crippen LogP contribution is -2.20. The van der Waals surface area contributed by atoms with Crippen molar-refractivity contribution in [1.82, 2.24) is 10.2 Å². The predicted octanol–water partition coefficient (Wildman–Crippen LogP) is 1.26. The number of methoxy groups -OCH3 is 1. The Labute approximate surface area is 96.2 Å². The summed E-state index contributed by atoms with van der Waals surface area (Å²) in [5.41, 5.74) is 6.96. The molecule has 1 heterocycles. The van der Waals surface area contributed by atoms with Gasteiger partial charge in [0.05, 0.1) is 13.3 Å². The normalized spacial score (nSPS) is 25.2. The van der Waals surface area contributed by atoms with Gasteiger partial charge in [-0.15, -0.1) is 5.10 Å². The van der Waals surface area contributed by atoms with Gasteiger partial charge in [-0.25, -0.2) is 0 Å². The third-order valence-corrected chi connectivity index (χ3v) is 3.52. The maximum absolute atomic E-state index is 5.84. The second kappa shape index (κ2) is 4.78. The number of aromatic nitrogens is 2. The number of hydrogen-bond donors (Lipinski definition) is 1. The lowest BCUT2D eigenvalue weighted by atomic mass is 9.94. The highest BCUT2D eigenvalue weighted by atomic mass is 16.5. The monoisotopic (exact) mass is 221 g/mol. The van der Waals surface area contributed by atoms with Crippen molar-refractivity contribution in [1.29, 1.82) is 0 Å². The largest absolute Gasteiger partial charge is 0.480 e. The summed E-state index contributed by atoms with van der Waals surface area (Å²) in [7, 11) is 1.63. The molecule has 0 saturated heterocycles. The molecule has 1 aromatic heterocycles. The number of nitrogens with zero attached hydrogens (tertiary/aromatic N) is 2. The van der Waals surface area contributed by atoms with Gasteiger partial charge in [0.25, 0.3) is 0 Å². The molecule has 2 N–H and O–H groups in total. The van der Waals surface area contributed by atoms with Crippen LogP contribution < -0.4 is 10.5 Å². The van der Waals surface area contributed by atoms with Gasteiger partial charge in [-0.3, -0.25) is 0 Å². The molecule has 0 radical (unpaired) electrons. The number of nitrogens with two attached hydrogens (primary N) is 1. The highest BCUT2D eigenvalue weighted by Crippen LogP contribution is 2.44. The molecule has 1 aliphatic carbocycles. The third-order valence-electron chi connectivity index (χ3n) is 3.52. The zero-order valence-corrected chi connectivity index (χ0v) is 9.89. The van der Waals surface area contributed by atoms with Crippen LogP contribution in [-0.4, -0.2) is 23.9 Å². The molecule has 0 amide bonds. The predicted molar refractivity (Wildman–Crippen MR) is 62.1 cm³/mol. The lowest BCUT2D eigenvalue weighted by molar-refractivity contribution is 0.375. The maximum Gasteiger partial charge on any atom is 0.236 e. The third kappa shape index (κ3) is 2.32. The van der Waals surface area contributed by atoms with Gasteiger partial charge in [0.15, 0.2) is 0 Å². The maximum atomic E-state index is 5.84. The minimum atomic E-state index is 0.549. The van der Waals surface area contributed by atoms with Crippen molar-refractivity contribution in [2.75, 3.05) is 13.7 Å². The smallest absolute Gasteiger partial charge is 0.236 e. The Morgan fingerprint density at radius 1 is 1.62 bits per heavy atom. The van der Waals surface area contributed by atoms with Gasteiger partial charge >= 0.3 is 0 Å². The molecule has 0 aromatic carbocycles. The Balaban J connectivity index is 2.06. The standard InChI is InChI=1S/C12H19N3O/c1-8-5-11(8)10(7-13)6-9-3-4-14-15-12(9)16-2/h3-4,8,10-11H,5-7,13H2,1-2H3.